The number of rotatable bonds is 0. The van der Waals surface area contributed by atoms with Crippen LogP contribution in [0.25, 0.3) is 0 Å². The molecule has 0 amide bonds. The smallest absolute Gasteiger partial charge is 0.102 e. The van der Waals surface area contributed by atoms with Gasteiger partial charge in [0.2, 0.25) is 0 Å². The maximum absolute atomic E-state index is 8.79. The molecule has 1 aromatic rings. The predicted molar refractivity (Wildman–Crippen MR) is 56.7 cm³/mol. The van der Waals surface area contributed by atoms with Crippen LogP contribution in [0.5, 0.6) is 0 Å². The zero-order chi connectivity index (χ0) is 10.2. The van der Waals surface area contributed by atoms with Crippen molar-refractivity contribution in [3.63, 3.8) is 0 Å². The van der Waals surface area contributed by atoms with Gasteiger partial charge in [0.05, 0.1) is 0 Å². The van der Waals surface area contributed by atoms with Crippen LogP contribution in [-0.4, -0.2) is 22.4 Å². The summed E-state index contributed by atoms with van der Waals surface area (Å²) >= 11 is 0. The van der Waals surface area contributed by atoms with Crippen LogP contribution in [0.1, 0.15) is 0 Å². The lowest BCUT2D eigenvalue weighted by molar-refractivity contribution is 0.0794. The average molecular weight is 190 g/mol. The van der Waals surface area contributed by atoms with Crippen LogP contribution in [0, 0.1) is 0 Å². The first-order valence-electron chi connectivity index (χ1n) is 4.52. The van der Waals surface area contributed by atoms with Gasteiger partial charge in [0.1, 0.15) is 12.2 Å². The molecule has 0 saturated heterocycles. The first kappa shape index (κ1) is 10.7. The van der Waals surface area contributed by atoms with Crippen LogP contribution in [-0.2, 0) is 0 Å². The molecular formula is C12H14O2. The highest BCUT2D eigenvalue weighted by atomic mass is 16.3. The highest BCUT2D eigenvalue weighted by Gasteiger charge is 2.09. The summed E-state index contributed by atoms with van der Waals surface area (Å²) < 4.78 is 0. The second kappa shape index (κ2) is 6.13. The quantitative estimate of drug-likeness (QED) is 0.651. The lowest BCUT2D eigenvalue weighted by Crippen LogP contribution is -2.22. The molecular weight excluding hydrogens is 176 g/mol. The van der Waals surface area contributed by atoms with Crippen molar-refractivity contribution in [1.29, 1.82) is 0 Å². The SMILES string of the molecule is O[C@@H]1C=CC=C[C@@H]1O.c1ccccc1. The lowest BCUT2D eigenvalue weighted by atomic mass is 10.1. The van der Waals surface area contributed by atoms with E-state index in [0.29, 0.717) is 0 Å². The molecule has 2 N–H and O–H groups in total. The third-order valence-electron chi connectivity index (χ3n) is 1.74. The topological polar surface area (TPSA) is 40.5 Å². The number of aliphatic hydroxyl groups excluding tert-OH is 2. The first-order valence-corrected chi connectivity index (χ1v) is 4.52. The van der Waals surface area contributed by atoms with E-state index >= 15 is 0 Å². The fraction of sp³-hybridized carbons (Fsp3) is 0.167. The van der Waals surface area contributed by atoms with Gasteiger partial charge < -0.3 is 10.2 Å². The van der Waals surface area contributed by atoms with Gasteiger partial charge in [0, 0.05) is 0 Å². The number of aliphatic hydroxyl groups is 2. The van der Waals surface area contributed by atoms with Crippen LogP contribution < -0.4 is 0 Å². The van der Waals surface area contributed by atoms with E-state index in [-0.39, 0.29) is 0 Å². The van der Waals surface area contributed by atoms with E-state index in [2.05, 4.69) is 0 Å². The summed E-state index contributed by atoms with van der Waals surface area (Å²) in [4.78, 5) is 0. The van der Waals surface area contributed by atoms with E-state index in [1.165, 1.54) is 0 Å². The normalized spacial score (nSPS) is 23.9. The van der Waals surface area contributed by atoms with Gasteiger partial charge in [-0.1, -0.05) is 60.7 Å². The van der Waals surface area contributed by atoms with Crippen molar-refractivity contribution < 1.29 is 10.2 Å². The molecule has 0 heterocycles. The lowest BCUT2D eigenvalue weighted by Gasteiger charge is -2.11. The maximum Gasteiger partial charge on any atom is 0.102 e. The van der Waals surface area contributed by atoms with E-state index in [4.69, 9.17) is 10.2 Å². The summed E-state index contributed by atoms with van der Waals surface area (Å²) in [5.74, 6) is 0. The Bertz CT molecular complexity index is 248. The summed E-state index contributed by atoms with van der Waals surface area (Å²) in [7, 11) is 0. The van der Waals surface area contributed by atoms with Crippen LogP contribution in [0.4, 0.5) is 0 Å². The molecule has 2 rings (SSSR count). The first-order chi connectivity index (χ1) is 6.80. The molecule has 1 aliphatic rings. The molecule has 1 aliphatic carbocycles. The fourth-order valence-electron chi connectivity index (χ4n) is 0.969. The molecule has 1 aromatic carbocycles. The Hall–Kier alpha value is -1.38. The number of hydrogen-bond donors (Lipinski definition) is 2. The molecule has 0 aliphatic heterocycles. The minimum absolute atomic E-state index is 0.708. The Labute approximate surface area is 83.8 Å². The molecule has 14 heavy (non-hydrogen) atoms. The van der Waals surface area contributed by atoms with Gasteiger partial charge in [-0.25, -0.2) is 0 Å². The predicted octanol–water partition coefficient (Wildman–Crippen LogP) is 1.52. The summed E-state index contributed by atoms with van der Waals surface area (Å²) in [5, 5.41) is 17.6. The molecule has 0 spiro atoms. The standard InChI is InChI=1S/C6H8O2.C6H6/c7-5-3-1-2-4-6(5)8;1-2-4-6-5-3-1/h1-8H;1-6H/t5-,6+;. The van der Waals surface area contributed by atoms with Crippen LogP contribution in [0.2, 0.25) is 0 Å². The van der Waals surface area contributed by atoms with Crippen LogP contribution in [0.15, 0.2) is 60.7 Å². The Morgan fingerprint density at radius 3 is 1.07 bits per heavy atom. The fourth-order valence-corrected chi connectivity index (χ4v) is 0.969. The molecule has 2 heteroatoms. The van der Waals surface area contributed by atoms with Gasteiger partial charge in [0.25, 0.3) is 0 Å². The summed E-state index contributed by atoms with van der Waals surface area (Å²) in [6, 6.07) is 12.0. The largest absolute Gasteiger partial charge is 0.386 e. The number of benzene rings is 1. The van der Waals surface area contributed by atoms with Crippen molar-refractivity contribution in [1.82, 2.24) is 0 Å². The van der Waals surface area contributed by atoms with Gasteiger partial charge >= 0.3 is 0 Å². The zero-order valence-electron chi connectivity index (χ0n) is 7.82. The third-order valence-corrected chi connectivity index (χ3v) is 1.74. The van der Waals surface area contributed by atoms with E-state index in [1.54, 1.807) is 24.3 Å². The number of hydrogen-bond acceptors (Lipinski definition) is 2. The van der Waals surface area contributed by atoms with Crippen molar-refractivity contribution in [3.05, 3.63) is 60.7 Å². The highest BCUT2D eigenvalue weighted by molar-refractivity contribution is 5.15. The molecule has 0 radical (unpaired) electrons. The van der Waals surface area contributed by atoms with Crippen molar-refractivity contribution in [2.24, 2.45) is 0 Å². The average Bonchev–Trinajstić information content (AvgIpc) is 2.26. The van der Waals surface area contributed by atoms with Gasteiger partial charge in [-0.2, -0.15) is 0 Å². The van der Waals surface area contributed by atoms with Crippen molar-refractivity contribution in [3.8, 4) is 0 Å². The third kappa shape index (κ3) is 4.03. The molecule has 2 atom stereocenters. The van der Waals surface area contributed by atoms with Crippen LogP contribution >= 0.6 is 0 Å². The molecule has 0 saturated carbocycles. The summed E-state index contributed by atoms with van der Waals surface area (Å²) in [6.45, 7) is 0. The minimum atomic E-state index is -0.708. The van der Waals surface area contributed by atoms with Crippen molar-refractivity contribution in [2.45, 2.75) is 12.2 Å². The zero-order valence-corrected chi connectivity index (χ0v) is 7.82. The molecule has 74 valence electrons. The van der Waals surface area contributed by atoms with Gasteiger partial charge in [-0.3, -0.25) is 0 Å². The van der Waals surface area contributed by atoms with E-state index in [9.17, 15) is 0 Å². The maximum atomic E-state index is 8.79. The van der Waals surface area contributed by atoms with E-state index < -0.39 is 12.2 Å². The molecule has 0 bridgehead atoms. The second-order valence-electron chi connectivity index (χ2n) is 2.91. The molecule has 2 nitrogen and oxygen atoms in total. The second-order valence-corrected chi connectivity index (χ2v) is 2.91. The van der Waals surface area contributed by atoms with Gasteiger partial charge in [0.15, 0.2) is 0 Å². The summed E-state index contributed by atoms with van der Waals surface area (Å²) in [5.41, 5.74) is 0. The molecule has 0 aromatic heterocycles. The highest BCUT2D eigenvalue weighted by Crippen LogP contribution is 2.02. The minimum Gasteiger partial charge on any atom is -0.386 e. The van der Waals surface area contributed by atoms with Gasteiger partial charge in [-0.05, 0) is 0 Å². The number of allylic oxidation sites excluding steroid dienone is 2. The van der Waals surface area contributed by atoms with Crippen LogP contribution in [0.3, 0.4) is 0 Å². The Morgan fingerprint density at radius 1 is 0.571 bits per heavy atom. The van der Waals surface area contributed by atoms with E-state index in [0.717, 1.165) is 0 Å². The Kier molecular flexibility index (Phi) is 4.69. The Morgan fingerprint density at radius 2 is 0.857 bits per heavy atom. The van der Waals surface area contributed by atoms with Crippen molar-refractivity contribution >= 4 is 0 Å². The Balaban J connectivity index is 0.000000146. The monoisotopic (exact) mass is 190 g/mol. The molecule has 0 fully saturated rings. The molecule has 0 unspecified atom stereocenters. The van der Waals surface area contributed by atoms with E-state index in [1.807, 2.05) is 36.4 Å². The summed E-state index contributed by atoms with van der Waals surface area (Å²) in [6.07, 6.45) is 5.09. The van der Waals surface area contributed by atoms with Gasteiger partial charge in [-0.15, -0.1) is 0 Å². The van der Waals surface area contributed by atoms with Crippen molar-refractivity contribution in [2.75, 3.05) is 0 Å².